The minimum absolute atomic E-state index is 0.914. The molecule has 0 fully saturated rings. The van der Waals surface area contributed by atoms with Gasteiger partial charge in [0, 0.05) is 32.6 Å². The predicted molar refractivity (Wildman–Crippen MR) is 149 cm³/mol. The van der Waals surface area contributed by atoms with E-state index in [1.807, 2.05) is 24.3 Å². The lowest BCUT2D eigenvalue weighted by Crippen LogP contribution is -1.93. The first-order valence-electron chi connectivity index (χ1n) is 12.2. The van der Waals surface area contributed by atoms with E-state index in [4.69, 9.17) is 9.97 Å². The Morgan fingerprint density at radius 3 is 2.06 bits per heavy atom. The number of para-hydroxylation sites is 5. The molecule has 0 N–H and O–H groups in total. The van der Waals surface area contributed by atoms with E-state index < -0.39 is 0 Å². The number of rotatable bonds is 1. The Hall–Kier alpha value is -4.96. The van der Waals surface area contributed by atoms with Crippen molar-refractivity contribution in [1.29, 1.82) is 0 Å². The highest BCUT2D eigenvalue weighted by Gasteiger charge is 2.22. The van der Waals surface area contributed by atoms with Crippen molar-refractivity contribution in [3.05, 3.63) is 109 Å². The summed E-state index contributed by atoms with van der Waals surface area (Å²) in [5, 5.41) is 6.16. The molecule has 4 aromatic heterocycles. The van der Waals surface area contributed by atoms with Gasteiger partial charge in [0.15, 0.2) is 5.65 Å². The molecule has 0 atom stereocenters. The molecule has 4 heterocycles. The van der Waals surface area contributed by atoms with Crippen LogP contribution in [0.15, 0.2) is 109 Å². The number of nitrogens with zero attached hydrogens (tertiary/aromatic N) is 4. The van der Waals surface area contributed by atoms with Crippen molar-refractivity contribution < 1.29 is 0 Å². The van der Waals surface area contributed by atoms with Crippen molar-refractivity contribution in [1.82, 2.24) is 18.9 Å². The number of benzene rings is 5. The zero-order valence-corrected chi connectivity index (χ0v) is 19.2. The second kappa shape index (κ2) is 6.37. The fourth-order valence-corrected chi connectivity index (χ4v) is 6.12. The minimum Gasteiger partial charge on any atom is -0.309 e. The molecule has 36 heavy (non-hydrogen) atoms. The fraction of sp³-hybridized carbons (Fsp3) is 0. The fourth-order valence-electron chi connectivity index (χ4n) is 6.12. The summed E-state index contributed by atoms with van der Waals surface area (Å²) in [5.74, 6) is 0. The van der Waals surface area contributed by atoms with Crippen molar-refractivity contribution >= 4 is 71.2 Å². The summed E-state index contributed by atoms with van der Waals surface area (Å²) in [4.78, 5) is 10.2. The first kappa shape index (κ1) is 18.4. The first-order chi connectivity index (χ1) is 17.9. The smallest absolute Gasteiger partial charge is 0.165 e. The van der Waals surface area contributed by atoms with Gasteiger partial charge in [-0.15, -0.1) is 0 Å². The Labute approximate surface area is 205 Å². The number of aromatic nitrogens is 4. The van der Waals surface area contributed by atoms with Crippen LogP contribution in [0.3, 0.4) is 0 Å². The van der Waals surface area contributed by atoms with E-state index in [1.54, 1.807) is 0 Å². The lowest BCUT2D eigenvalue weighted by Gasteiger charge is -2.07. The van der Waals surface area contributed by atoms with Gasteiger partial charge in [0.05, 0.1) is 33.1 Å². The lowest BCUT2D eigenvalue weighted by molar-refractivity contribution is 1.18. The molecule has 0 unspecified atom stereocenters. The molecule has 0 aliphatic heterocycles. The summed E-state index contributed by atoms with van der Waals surface area (Å²) in [6.45, 7) is 0. The Balaban J connectivity index is 1.54. The van der Waals surface area contributed by atoms with Gasteiger partial charge in [-0.3, -0.25) is 4.40 Å². The molecule has 0 amide bonds. The van der Waals surface area contributed by atoms with Crippen LogP contribution < -0.4 is 0 Å². The van der Waals surface area contributed by atoms with Crippen LogP contribution in [-0.4, -0.2) is 18.9 Å². The molecule has 0 saturated heterocycles. The van der Waals surface area contributed by atoms with Gasteiger partial charge in [-0.25, -0.2) is 9.97 Å². The minimum atomic E-state index is 0.914. The Bertz CT molecular complexity index is 2310. The van der Waals surface area contributed by atoms with Crippen LogP contribution in [0.2, 0.25) is 0 Å². The van der Waals surface area contributed by atoms with E-state index in [0.29, 0.717) is 0 Å². The van der Waals surface area contributed by atoms with E-state index in [0.717, 1.165) is 38.8 Å². The summed E-state index contributed by atoms with van der Waals surface area (Å²) >= 11 is 0. The van der Waals surface area contributed by atoms with Gasteiger partial charge in [0.1, 0.15) is 5.52 Å². The molecule has 0 spiro atoms. The SMILES string of the molecule is c1ccc(-n2c3ccccc3c3cc4c5cccc6c7nc8ccccc8nc7n(c4cc32)c56)cc1. The molecule has 0 saturated carbocycles. The van der Waals surface area contributed by atoms with Crippen LogP contribution in [0, 0.1) is 0 Å². The molecular formula is C32H18N4. The van der Waals surface area contributed by atoms with Gasteiger partial charge in [0.25, 0.3) is 0 Å². The van der Waals surface area contributed by atoms with Gasteiger partial charge in [-0.1, -0.05) is 66.7 Å². The summed E-state index contributed by atoms with van der Waals surface area (Å²) in [7, 11) is 0. The summed E-state index contributed by atoms with van der Waals surface area (Å²) in [6.07, 6.45) is 0. The monoisotopic (exact) mass is 458 g/mol. The summed E-state index contributed by atoms with van der Waals surface area (Å²) < 4.78 is 4.69. The van der Waals surface area contributed by atoms with Crippen molar-refractivity contribution in [2.45, 2.75) is 0 Å². The molecule has 5 aromatic carbocycles. The molecule has 9 aromatic rings. The topological polar surface area (TPSA) is 35.1 Å². The average molecular weight is 459 g/mol. The normalized spacial score (nSPS) is 12.4. The quantitative estimate of drug-likeness (QED) is 0.251. The van der Waals surface area contributed by atoms with Gasteiger partial charge < -0.3 is 4.57 Å². The summed E-state index contributed by atoms with van der Waals surface area (Å²) in [6, 6.07) is 38.7. The van der Waals surface area contributed by atoms with Gasteiger partial charge in [-0.2, -0.15) is 0 Å². The molecule has 0 bridgehead atoms. The molecule has 4 heteroatoms. The highest BCUT2D eigenvalue weighted by atomic mass is 15.0. The van der Waals surface area contributed by atoms with Crippen LogP contribution in [-0.2, 0) is 0 Å². The molecule has 4 nitrogen and oxygen atoms in total. The second-order valence-electron chi connectivity index (χ2n) is 9.50. The second-order valence-corrected chi connectivity index (χ2v) is 9.50. The zero-order chi connectivity index (χ0) is 23.4. The maximum Gasteiger partial charge on any atom is 0.165 e. The third-order valence-electron chi connectivity index (χ3n) is 7.61. The Morgan fingerprint density at radius 1 is 0.472 bits per heavy atom. The third-order valence-corrected chi connectivity index (χ3v) is 7.61. The van der Waals surface area contributed by atoms with E-state index in [1.165, 1.54) is 38.1 Å². The Kier molecular flexibility index (Phi) is 3.25. The van der Waals surface area contributed by atoms with Crippen molar-refractivity contribution in [2.75, 3.05) is 0 Å². The Morgan fingerprint density at radius 2 is 1.17 bits per heavy atom. The molecule has 0 aliphatic carbocycles. The van der Waals surface area contributed by atoms with Crippen molar-refractivity contribution in [3.63, 3.8) is 0 Å². The predicted octanol–water partition coefficient (Wildman–Crippen LogP) is 7.88. The molecule has 0 radical (unpaired) electrons. The summed E-state index contributed by atoms with van der Waals surface area (Å²) in [5.41, 5.74) is 9.63. The third kappa shape index (κ3) is 2.15. The highest BCUT2D eigenvalue weighted by molar-refractivity contribution is 6.25. The molecular weight excluding hydrogens is 440 g/mol. The number of hydrogen-bond donors (Lipinski definition) is 0. The van der Waals surface area contributed by atoms with Crippen LogP contribution >= 0.6 is 0 Å². The molecule has 9 rings (SSSR count). The maximum atomic E-state index is 5.11. The highest BCUT2D eigenvalue weighted by Crippen LogP contribution is 2.42. The molecule has 166 valence electrons. The van der Waals surface area contributed by atoms with Crippen LogP contribution in [0.4, 0.5) is 0 Å². The van der Waals surface area contributed by atoms with Crippen LogP contribution in [0.1, 0.15) is 0 Å². The standard InChI is InChI=1S/C32H18N4/c1-2-9-19(10-3-1)35-27-16-7-4-11-20(27)23-17-24-21-12-8-13-22-30-32(34-26-15-6-5-14-25(26)33-30)36(31(21)22)29(24)18-28(23)35/h1-18H. The van der Waals surface area contributed by atoms with Crippen LogP contribution in [0.25, 0.3) is 76.9 Å². The van der Waals surface area contributed by atoms with Crippen molar-refractivity contribution in [2.24, 2.45) is 0 Å². The van der Waals surface area contributed by atoms with Gasteiger partial charge in [-0.05, 0) is 42.5 Å². The van der Waals surface area contributed by atoms with Gasteiger partial charge >= 0.3 is 0 Å². The van der Waals surface area contributed by atoms with Crippen molar-refractivity contribution in [3.8, 4) is 5.69 Å². The molecule has 0 aliphatic rings. The number of hydrogen-bond acceptors (Lipinski definition) is 2. The average Bonchev–Trinajstić information content (AvgIpc) is 3.55. The van der Waals surface area contributed by atoms with E-state index in [2.05, 4.69) is 93.9 Å². The van der Waals surface area contributed by atoms with E-state index in [-0.39, 0.29) is 0 Å². The zero-order valence-electron chi connectivity index (χ0n) is 19.2. The van der Waals surface area contributed by atoms with E-state index >= 15 is 0 Å². The largest absolute Gasteiger partial charge is 0.309 e. The first-order valence-corrected chi connectivity index (χ1v) is 12.2. The number of fused-ring (bicyclic) bond motifs is 10. The van der Waals surface area contributed by atoms with E-state index in [9.17, 15) is 0 Å². The maximum absolute atomic E-state index is 5.11. The lowest BCUT2D eigenvalue weighted by atomic mass is 10.1. The van der Waals surface area contributed by atoms with Crippen LogP contribution in [0.5, 0.6) is 0 Å². The van der Waals surface area contributed by atoms with Gasteiger partial charge in [0.2, 0.25) is 0 Å².